The second-order valence-corrected chi connectivity index (χ2v) is 4.33. The van der Waals surface area contributed by atoms with Crippen LogP contribution in [0.25, 0.3) is 0 Å². The normalized spacial score (nSPS) is 20.2. The Hall–Kier alpha value is -1.14. The Morgan fingerprint density at radius 2 is 2.25 bits per heavy atom. The quantitative estimate of drug-likeness (QED) is 0.792. The fourth-order valence-corrected chi connectivity index (χ4v) is 1.56. The molecule has 1 aliphatic heterocycles. The molecule has 0 aromatic carbocycles. The van der Waals surface area contributed by atoms with E-state index in [1.165, 1.54) is 6.92 Å². The first-order valence-corrected chi connectivity index (χ1v) is 5.46. The van der Waals surface area contributed by atoms with E-state index in [0.717, 1.165) is 10.2 Å². The van der Waals surface area contributed by atoms with Crippen molar-refractivity contribution in [3.63, 3.8) is 0 Å². The van der Waals surface area contributed by atoms with Crippen molar-refractivity contribution >= 4 is 27.6 Å². The molecular weight excluding hydrogens is 276 g/mol. The van der Waals surface area contributed by atoms with Crippen molar-refractivity contribution in [1.29, 1.82) is 0 Å². The lowest BCUT2D eigenvalue weighted by atomic mass is 10.1. The number of primary amides is 1. The van der Waals surface area contributed by atoms with E-state index in [2.05, 4.69) is 21.2 Å². The van der Waals surface area contributed by atoms with Crippen molar-refractivity contribution in [1.82, 2.24) is 5.32 Å². The molecule has 5 nitrogen and oxygen atoms in total. The standard InChI is InChI=1S/C10H13BrN2O3/c1-5(14)4-16-10-7(9(12)15)3-8(11)6(2)13-10/h3,10,13H,4H2,1-2H3,(H2,12,15)/t10-/m0/s1. The highest BCUT2D eigenvalue weighted by Gasteiger charge is 2.24. The molecule has 1 aliphatic rings. The molecule has 0 radical (unpaired) electrons. The largest absolute Gasteiger partial charge is 0.366 e. The fraction of sp³-hybridized carbons (Fsp3) is 0.400. The summed E-state index contributed by atoms with van der Waals surface area (Å²) in [6, 6.07) is 0. The van der Waals surface area contributed by atoms with Crippen LogP contribution in [-0.2, 0) is 14.3 Å². The van der Waals surface area contributed by atoms with Gasteiger partial charge in [0.1, 0.15) is 6.61 Å². The van der Waals surface area contributed by atoms with E-state index in [4.69, 9.17) is 10.5 Å². The maximum absolute atomic E-state index is 11.2. The summed E-state index contributed by atoms with van der Waals surface area (Å²) in [6.07, 6.45) is 0.932. The highest BCUT2D eigenvalue weighted by atomic mass is 79.9. The van der Waals surface area contributed by atoms with E-state index in [-0.39, 0.29) is 12.4 Å². The topological polar surface area (TPSA) is 81.4 Å². The number of carbonyl (C=O) groups excluding carboxylic acids is 2. The number of rotatable bonds is 4. The van der Waals surface area contributed by atoms with Crippen LogP contribution in [0.3, 0.4) is 0 Å². The second-order valence-electron chi connectivity index (χ2n) is 3.47. The SMILES string of the molecule is CC(=O)CO[C@@H]1NC(C)=C(Br)C=C1C(N)=O. The van der Waals surface area contributed by atoms with Gasteiger partial charge in [-0.15, -0.1) is 0 Å². The Kier molecular flexibility index (Phi) is 4.26. The summed E-state index contributed by atoms with van der Waals surface area (Å²) >= 11 is 3.28. The van der Waals surface area contributed by atoms with Crippen molar-refractivity contribution in [2.75, 3.05) is 6.61 Å². The van der Waals surface area contributed by atoms with Gasteiger partial charge in [-0.3, -0.25) is 9.59 Å². The summed E-state index contributed by atoms with van der Waals surface area (Å²) < 4.78 is 5.99. The van der Waals surface area contributed by atoms with Crippen LogP contribution in [-0.4, -0.2) is 24.5 Å². The lowest BCUT2D eigenvalue weighted by Gasteiger charge is -2.25. The van der Waals surface area contributed by atoms with Crippen molar-refractivity contribution in [2.24, 2.45) is 5.73 Å². The van der Waals surface area contributed by atoms with Crippen LogP contribution in [0.15, 0.2) is 21.8 Å². The summed E-state index contributed by atoms with van der Waals surface area (Å²) in [5, 5.41) is 2.94. The van der Waals surface area contributed by atoms with Crippen LogP contribution in [0.1, 0.15) is 13.8 Å². The smallest absolute Gasteiger partial charge is 0.249 e. The molecule has 0 saturated heterocycles. The Labute approximate surface area is 102 Å². The third-order valence-electron chi connectivity index (χ3n) is 2.01. The zero-order valence-corrected chi connectivity index (χ0v) is 10.6. The zero-order chi connectivity index (χ0) is 12.3. The molecule has 1 atom stereocenters. The number of carbonyl (C=O) groups is 2. The van der Waals surface area contributed by atoms with Crippen LogP contribution in [0.2, 0.25) is 0 Å². The number of Topliss-reactive ketones (excluding diaryl/α,β-unsaturated/α-hetero) is 1. The number of allylic oxidation sites excluding steroid dienone is 3. The van der Waals surface area contributed by atoms with Gasteiger partial charge in [0, 0.05) is 10.2 Å². The van der Waals surface area contributed by atoms with Crippen LogP contribution in [0, 0.1) is 0 Å². The van der Waals surface area contributed by atoms with Crippen LogP contribution < -0.4 is 11.1 Å². The Morgan fingerprint density at radius 3 is 2.75 bits per heavy atom. The van der Waals surface area contributed by atoms with Gasteiger partial charge in [0.2, 0.25) is 5.91 Å². The molecule has 0 unspecified atom stereocenters. The van der Waals surface area contributed by atoms with E-state index in [1.807, 2.05) is 6.92 Å². The van der Waals surface area contributed by atoms with E-state index < -0.39 is 12.1 Å². The number of ether oxygens (including phenoxy) is 1. The summed E-state index contributed by atoms with van der Waals surface area (Å²) in [7, 11) is 0. The molecule has 0 bridgehead atoms. The third-order valence-corrected chi connectivity index (χ3v) is 2.83. The number of hydrogen-bond donors (Lipinski definition) is 2. The summed E-state index contributed by atoms with van der Waals surface area (Å²) in [5.74, 6) is -0.692. The third kappa shape index (κ3) is 3.18. The van der Waals surface area contributed by atoms with E-state index >= 15 is 0 Å². The van der Waals surface area contributed by atoms with E-state index in [1.54, 1.807) is 6.08 Å². The number of nitrogens with one attached hydrogen (secondary N) is 1. The molecular formula is C10H13BrN2O3. The maximum atomic E-state index is 11.2. The lowest BCUT2D eigenvalue weighted by molar-refractivity contribution is -0.125. The van der Waals surface area contributed by atoms with Gasteiger partial charge in [-0.25, -0.2) is 0 Å². The minimum atomic E-state index is -0.664. The number of hydrogen-bond acceptors (Lipinski definition) is 4. The van der Waals surface area contributed by atoms with Crippen molar-refractivity contribution in [3.8, 4) is 0 Å². The van der Waals surface area contributed by atoms with E-state index in [9.17, 15) is 9.59 Å². The lowest BCUT2D eigenvalue weighted by Crippen LogP contribution is -2.40. The average Bonchev–Trinajstić information content (AvgIpc) is 2.18. The average molecular weight is 289 g/mol. The van der Waals surface area contributed by atoms with Gasteiger partial charge in [-0.05, 0) is 35.9 Å². The first-order chi connectivity index (χ1) is 7.41. The molecule has 0 saturated carbocycles. The number of nitrogens with two attached hydrogens (primary N) is 1. The molecule has 0 aromatic rings. The molecule has 0 fully saturated rings. The maximum Gasteiger partial charge on any atom is 0.249 e. The summed E-state index contributed by atoms with van der Waals surface area (Å²) in [6.45, 7) is 3.17. The van der Waals surface area contributed by atoms with Gasteiger partial charge >= 0.3 is 0 Å². The van der Waals surface area contributed by atoms with Gasteiger partial charge in [-0.2, -0.15) is 0 Å². The predicted octanol–water partition coefficient (Wildman–Crippen LogP) is 0.559. The minimum Gasteiger partial charge on any atom is -0.366 e. The molecule has 88 valence electrons. The molecule has 0 spiro atoms. The van der Waals surface area contributed by atoms with Gasteiger partial charge in [0.05, 0.1) is 5.57 Å². The molecule has 16 heavy (non-hydrogen) atoms. The van der Waals surface area contributed by atoms with E-state index in [0.29, 0.717) is 5.57 Å². The summed E-state index contributed by atoms with van der Waals surface area (Å²) in [4.78, 5) is 22.0. The van der Waals surface area contributed by atoms with Gasteiger partial charge in [0.25, 0.3) is 0 Å². The number of halogens is 1. The van der Waals surface area contributed by atoms with Crippen molar-refractivity contribution in [2.45, 2.75) is 20.1 Å². The molecule has 0 aromatic heterocycles. The van der Waals surface area contributed by atoms with Gasteiger partial charge in [0.15, 0.2) is 12.0 Å². The number of amides is 1. The zero-order valence-electron chi connectivity index (χ0n) is 9.04. The van der Waals surface area contributed by atoms with Crippen LogP contribution in [0.4, 0.5) is 0 Å². The molecule has 6 heteroatoms. The highest BCUT2D eigenvalue weighted by molar-refractivity contribution is 9.11. The Bertz CT molecular complexity index is 388. The second kappa shape index (κ2) is 5.27. The molecule has 3 N–H and O–H groups in total. The van der Waals surface area contributed by atoms with Crippen LogP contribution in [0.5, 0.6) is 0 Å². The van der Waals surface area contributed by atoms with Crippen molar-refractivity contribution in [3.05, 3.63) is 21.8 Å². The molecule has 1 amide bonds. The summed E-state index contributed by atoms with van der Waals surface area (Å²) in [5.41, 5.74) is 6.32. The first kappa shape index (κ1) is 12.9. The number of ketones is 1. The van der Waals surface area contributed by atoms with Crippen molar-refractivity contribution < 1.29 is 14.3 Å². The monoisotopic (exact) mass is 288 g/mol. The molecule has 1 heterocycles. The van der Waals surface area contributed by atoms with Gasteiger partial charge < -0.3 is 15.8 Å². The first-order valence-electron chi connectivity index (χ1n) is 4.67. The number of dihydropyridines is 1. The van der Waals surface area contributed by atoms with Gasteiger partial charge in [-0.1, -0.05) is 0 Å². The fourth-order valence-electron chi connectivity index (χ4n) is 1.20. The predicted molar refractivity (Wildman–Crippen MR) is 62.5 cm³/mol. The Morgan fingerprint density at radius 1 is 1.62 bits per heavy atom. The molecule has 1 rings (SSSR count). The minimum absolute atomic E-state index is 0.0623. The molecule has 0 aliphatic carbocycles. The highest BCUT2D eigenvalue weighted by Crippen LogP contribution is 2.22. The van der Waals surface area contributed by atoms with Crippen LogP contribution >= 0.6 is 15.9 Å². The Balaban J connectivity index is 2.83.